The number of nitrogens with zero attached hydrogens (tertiary/aromatic N) is 1. The molecule has 1 aliphatic heterocycles. The fourth-order valence-electron chi connectivity index (χ4n) is 2.15. The first-order valence-electron chi connectivity index (χ1n) is 6.79. The van der Waals surface area contributed by atoms with Crippen LogP contribution in [0.25, 0.3) is 6.08 Å². The minimum Gasteiger partial charge on any atom is -0.496 e. The molecule has 7 heteroatoms. The molecule has 0 aromatic heterocycles. The quantitative estimate of drug-likeness (QED) is 0.506. The second-order valence-corrected chi connectivity index (χ2v) is 6.61. The van der Waals surface area contributed by atoms with Gasteiger partial charge in [-0.1, -0.05) is 39.1 Å². The van der Waals surface area contributed by atoms with E-state index in [1.165, 1.54) is 0 Å². The number of halogens is 3. The van der Waals surface area contributed by atoms with E-state index in [2.05, 4.69) is 20.9 Å². The summed E-state index contributed by atoms with van der Waals surface area (Å²) < 4.78 is 11.4. The number of methoxy groups -OCH3 is 1. The van der Waals surface area contributed by atoms with Crippen molar-refractivity contribution >= 4 is 57.1 Å². The summed E-state index contributed by atoms with van der Waals surface area (Å²) >= 11 is 15.5. The van der Waals surface area contributed by atoms with E-state index >= 15 is 0 Å². The highest BCUT2D eigenvalue weighted by molar-refractivity contribution is 9.10. The van der Waals surface area contributed by atoms with Crippen LogP contribution in [0.2, 0.25) is 10.0 Å². The third-order valence-corrected chi connectivity index (χ3v) is 4.32. The van der Waals surface area contributed by atoms with E-state index in [4.69, 9.17) is 32.7 Å². The first-order chi connectivity index (χ1) is 11.5. The fraction of sp³-hybridized carbons (Fsp3) is 0.0588. The Labute approximate surface area is 156 Å². The zero-order chi connectivity index (χ0) is 17.3. The number of rotatable bonds is 3. The molecule has 0 spiro atoms. The van der Waals surface area contributed by atoms with Crippen molar-refractivity contribution in [2.75, 3.05) is 7.11 Å². The summed E-state index contributed by atoms with van der Waals surface area (Å²) in [7, 11) is 1.55. The molecule has 2 aromatic rings. The second kappa shape index (κ2) is 6.97. The average Bonchev–Trinajstić information content (AvgIpc) is 2.91. The van der Waals surface area contributed by atoms with Crippen LogP contribution in [0.4, 0.5) is 0 Å². The molecule has 0 radical (unpaired) electrons. The number of esters is 1. The van der Waals surface area contributed by atoms with Gasteiger partial charge in [0.15, 0.2) is 5.70 Å². The van der Waals surface area contributed by atoms with E-state index < -0.39 is 5.97 Å². The van der Waals surface area contributed by atoms with Crippen LogP contribution < -0.4 is 4.74 Å². The molecule has 4 nitrogen and oxygen atoms in total. The van der Waals surface area contributed by atoms with Gasteiger partial charge < -0.3 is 9.47 Å². The predicted molar refractivity (Wildman–Crippen MR) is 97.8 cm³/mol. The summed E-state index contributed by atoms with van der Waals surface area (Å²) in [6.07, 6.45) is 1.59. The van der Waals surface area contributed by atoms with Gasteiger partial charge in [-0.3, -0.25) is 0 Å². The highest BCUT2D eigenvalue weighted by Crippen LogP contribution is 2.29. The molecule has 0 unspecified atom stereocenters. The number of hydrogen-bond acceptors (Lipinski definition) is 4. The lowest BCUT2D eigenvalue weighted by Crippen LogP contribution is -2.06. The van der Waals surface area contributed by atoms with Gasteiger partial charge in [0.25, 0.3) is 0 Å². The van der Waals surface area contributed by atoms with Crippen LogP contribution in [-0.4, -0.2) is 19.0 Å². The normalized spacial score (nSPS) is 15.4. The summed E-state index contributed by atoms with van der Waals surface area (Å²) in [4.78, 5) is 16.3. The largest absolute Gasteiger partial charge is 0.496 e. The maximum Gasteiger partial charge on any atom is 0.363 e. The van der Waals surface area contributed by atoms with Crippen LogP contribution in [0.5, 0.6) is 5.75 Å². The zero-order valence-corrected chi connectivity index (χ0v) is 15.4. The molecule has 0 atom stereocenters. The van der Waals surface area contributed by atoms with E-state index in [9.17, 15) is 4.79 Å². The minimum absolute atomic E-state index is 0.118. The van der Waals surface area contributed by atoms with E-state index in [1.807, 2.05) is 12.1 Å². The molecule has 0 fully saturated rings. The molecule has 2 aromatic carbocycles. The maximum absolute atomic E-state index is 12.1. The summed E-state index contributed by atoms with van der Waals surface area (Å²) in [5.41, 5.74) is 1.31. The Morgan fingerprint density at radius 1 is 1.21 bits per heavy atom. The van der Waals surface area contributed by atoms with Crippen molar-refractivity contribution in [3.8, 4) is 5.75 Å². The Morgan fingerprint density at radius 3 is 2.75 bits per heavy atom. The molecule has 0 amide bonds. The van der Waals surface area contributed by atoms with E-state index in [-0.39, 0.29) is 11.6 Å². The van der Waals surface area contributed by atoms with Gasteiger partial charge in [0.2, 0.25) is 5.90 Å². The lowest BCUT2D eigenvalue weighted by atomic mass is 10.1. The molecule has 0 aliphatic carbocycles. The third kappa shape index (κ3) is 3.48. The van der Waals surface area contributed by atoms with Crippen molar-refractivity contribution in [1.29, 1.82) is 0 Å². The van der Waals surface area contributed by atoms with Crippen molar-refractivity contribution in [3.05, 3.63) is 67.7 Å². The van der Waals surface area contributed by atoms with Crippen molar-refractivity contribution in [1.82, 2.24) is 0 Å². The molecule has 0 saturated carbocycles. The highest BCUT2D eigenvalue weighted by atomic mass is 79.9. The summed E-state index contributed by atoms with van der Waals surface area (Å²) in [6.45, 7) is 0. The molecule has 24 heavy (non-hydrogen) atoms. The Bertz CT molecular complexity index is 893. The highest BCUT2D eigenvalue weighted by Gasteiger charge is 2.26. The Balaban J connectivity index is 2.03. The third-order valence-electron chi connectivity index (χ3n) is 3.26. The van der Waals surface area contributed by atoms with Crippen LogP contribution >= 0.6 is 39.1 Å². The van der Waals surface area contributed by atoms with E-state index in [0.29, 0.717) is 26.9 Å². The van der Waals surface area contributed by atoms with Gasteiger partial charge >= 0.3 is 5.97 Å². The minimum atomic E-state index is -0.567. The number of carbonyl (C=O) groups is 1. The van der Waals surface area contributed by atoms with Crippen molar-refractivity contribution in [3.63, 3.8) is 0 Å². The summed E-state index contributed by atoms with van der Waals surface area (Å²) in [5, 5.41) is 0.867. The zero-order valence-electron chi connectivity index (χ0n) is 12.3. The Morgan fingerprint density at radius 2 is 2.00 bits per heavy atom. The van der Waals surface area contributed by atoms with Gasteiger partial charge in [-0.2, -0.15) is 0 Å². The van der Waals surface area contributed by atoms with Gasteiger partial charge in [0.05, 0.1) is 17.7 Å². The average molecular weight is 427 g/mol. The Hall–Kier alpha value is -1.82. The molecule has 0 bridgehead atoms. The lowest BCUT2D eigenvalue weighted by Gasteiger charge is -2.04. The summed E-state index contributed by atoms with van der Waals surface area (Å²) in [6, 6.07) is 10.3. The number of aliphatic imine (C=N–C) groups is 1. The van der Waals surface area contributed by atoms with Crippen molar-refractivity contribution in [2.24, 2.45) is 4.99 Å². The number of carbonyl (C=O) groups excluding carboxylic acids is 1. The van der Waals surface area contributed by atoms with E-state index in [1.54, 1.807) is 37.5 Å². The molecule has 0 N–H and O–H groups in total. The number of hydrogen-bond donors (Lipinski definition) is 0. The van der Waals surface area contributed by atoms with Crippen LogP contribution in [0.15, 0.2) is 51.6 Å². The maximum atomic E-state index is 12.1. The molecule has 1 heterocycles. The topological polar surface area (TPSA) is 47.9 Å². The SMILES string of the molecule is COc1ccc(Br)cc1C=C1N=C(c2cc(Cl)ccc2Cl)OC1=O. The van der Waals surface area contributed by atoms with Crippen LogP contribution in [0.1, 0.15) is 11.1 Å². The number of ether oxygens (including phenoxy) is 2. The van der Waals surface area contributed by atoms with Crippen LogP contribution in [-0.2, 0) is 9.53 Å². The van der Waals surface area contributed by atoms with Gasteiger partial charge in [-0.25, -0.2) is 9.79 Å². The Kier molecular flexibility index (Phi) is 4.94. The molecule has 0 saturated heterocycles. The summed E-state index contributed by atoms with van der Waals surface area (Å²) in [5.74, 6) is 0.165. The van der Waals surface area contributed by atoms with Crippen LogP contribution in [0, 0.1) is 0 Å². The fourth-order valence-corrected chi connectivity index (χ4v) is 2.90. The molecule has 122 valence electrons. The number of cyclic esters (lactones) is 1. The molecular formula is C17H10BrCl2NO3. The monoisotopic (exact) mass is 425 g/mol. The van der Waals surface area contributed by atoms with Gasteiger partial charge in [-0.15, -0.1) is 0 Å². The standard InChI is InChI=1S/C17H10BrCl2NO3/c1-23-15-5-2-10(18)6-9(15)7-14-17(22)24-16(21-14)12-8-11(19)3-4-13(12)20/h2-8H,1H3. The smallest absolute Gasteiger partial charge is 0.363 e. The first-order valence-corrected chi connectivity index (χ1v) is 8.34. The lowest BCUT2D eigenvalue weighted by molar-refractivity contribution is -0.129. The first kappa shape index (κ1) is 17.0. The van der Waals surface area contributed by atoms with Crippen molar-refractivity contribution in [2.45, 2.75) is 0 Å². The van der Waals surface area contributed by atoms with Gasteiger partial charge in [0.1, 0.15) is 5.75 Å². The van der Waals surface area contributed by atoms with Gasteiger partial charge in [0, 0.05) is 15.1 Å². The second-order valence-electron chi connectivity index (χ2n) is 4.85. The molecule has 1 aliphatic rings. The van der Waals surface area contributed by atoms with Crippen molar-refractivity contribution < 1.29 is 14.3 Å². The molecule has 3 rings (SSSR count). The van der Waals surface area contributed by atoms with Gasteiger partial charge in [-0.05, 0) is 42.5 Å². The number of benzene rings is 2. The van der Waals surface area contributed by atoms with E-state index in [0.717, 1.165) is 4.47 Å². The predicted octanol–water partition coefficient (Wildman–Crippen LogP) is 5.11. The molecular weight excluding hydrogens is 417 g/mol. The van der Waals surface area contributed by atoms with Crippen LogP contribution in [0.3, 0.4) is 0 Å².